The molecule has 2 aromatic carbocycles. The van der Waals surface area contributed by atoms with Gasteiger partial charge in [0.1, 0.15) is 0 Å². The Morgan fingerprint density at radius 1 is 1.10 bits per heavy atom. The van der Waals surface area contributed by atoms with Crippen LogP contribution in [-0.4, -0.2) is 38.5 Å². The number of carbonyl (C=O) groups is 2. The summed E-state index contributed by atoms with van der Waals surface area (Å²) < 4.78 is 39.5. The van der Waals surface area contributed by atoms with Crippen molar-refractivity contribution < 1.29 is 32.6 Å². The molecule has 1 N–H and O–H groups in total. The van der Waals surface area contributed by atoms with Crippen molar-refractivity contribution in [1.29, 1.82) is 0 Å². The number of nitrogens with one attached hydrogen (secondary N) is 1. The summed E-state index contributed by atoms with van der Waals surface area (Å²) in [5, 5.41) is 2.57. The summed E-state index contributed by atoms with van der Waals surface area (Å²) in [6.45, 7) is -3.10. The highest BCUT2D eigenvalue weighted by atomic mass is 32.2. The summed E-state index contributed by atoms with van der Waals surface area (Å²) in [5.74, 6) is -1.46. The van der Waals surface area contributed by atoms with Gasteiger partial charge in [0.05, 0.1) is 31.2 Å². The van der Waals surface area contributed by atoms with Crippen LogP contribution in [0.3, 0.4) is 0 Å². The van der Waals surface area contributed by atoms with Crippen molar-refractivity contribution in [3.63, 3.8) is 0 Å². The molecule has 2 aromatic rings. The number of carbonyl (C=O) groups excluding carboxylic acids is 2. The van der Waals surface area contributed by atoms with Crippen molar-refractivity contribution in [1.82, 2.24) is 0 Å². The van der Waals surface area contributed by atoms with E-state index in [2.05, 4.69) is 22.2 Å². The van der Waals surface area contributed by atoms with E-state index in [4.69, 9.17) is 9.47 Å². The molecule has 0 saturated heterocycles. The molecule has 0 saturated carbocycles. The predicted molar refractivity (Wildman–Crippen MR) is 109 cm³/mol. The summed E-state index contributed by atoms with van der Waals surface area (Å²) in [6, 6.07) is 8.45. The predicted octanol–water partition coefficient (Wildman–Crippen LogP) is 4.30. The normalized spacial score (nSPS) is 12.4. The number of alkyl halides is 2. The van der Waals surface area contributed by atoms with Crippen LogP contribution in [0.5, 0.6) is 11.5 Å². The molecule has 0 aromatic heterocycles. The molecule has 6 nitrogen and oxygen atoms in total. The van der Waals surface area contributed by atoms with E-state index in [1.54, 1.807) is 0 Å². The monoisotopic (exact) mass is 437 g/mol. The average molecular weight is 437 g/mol. The molecular formula is C21H21F2NO5S. The number of methoxy groups -OCH3 is 2. The Balaban J connectivity index is 1.75. The first kappa shape index (κ1) is 21.9. The van der Waals surface area contributed by atoms with Gasteiger partial charge in [-0.1, -0.05) is 6.07 Å². The van der Waals surface area contributed by atoms with E-state index in [-0.39, 0.29) is 28.5 Å². The van der Waals surface area contributed by atoms with Crippen LogP contribution in [-0.2, 0) is 22.4 Å². The number of benzene rings is 2. The summed E-state index contributed by atoms with van der Waals surface area (Å²) in [5.41, 5.74) is 2.61. The van der Waals surface area contributed by atoms with E-state index >= 15 is 0 Å². The zero-order chi connectivity index (χ0) is 21.7. The van der Waals surface area contributed by atoms with Crippen molar-refractivity contribution in [2.24, 2.45) is 0 Å². The van der Waals surface area contributed by atoms with Crippen molar-refractivity contribution >= 4 is 29.3 Å². The average Bonchev–Trinajstić information content (AvgIpc) is 3.19. The van der Waals surface area contributed by atoms with E-state index in [9.17, 15) is 18.4 Å². The lowest BCUT2D eigenvalue weighted by atomic mass is 10.1. The quantitative estimate of drug-likeness (QED) is 0.490. The maximum absolute atomic E-state index is 12.7. The molecule has 0 radical (unpaired) electrons. The van der Waals surface area contributed by atoms with Gasteiger partial charge in [0, 0.05) is 17.0 Å². The number of hydrogen-bond acceptors (Lipinski definition) is 6. The van der Waals surface area contributed by atoms with Gasteiger partial charge in [-0.15, -0.1) is 11.8 Å². The first-order valence-corrected chi connectivity index (χ1v) is 10.2. The lowest BCUT2D eigenvalue weighted by Gasteiger charge is -2.15. The molecule has 160 valence electrons. The smallest absolute Gasteiger partial charge is 0.387 e. The molecule has 0 heterocycles. The molecule has 3 rings (SSSR count). The second-order valence-electron chi connectivity index (χ2n) is 6.54. The van der Waals surface area contributed by atoms with Gasteiger partial charge in [0.25, 0.3) is 0 Å². The van der Waals surface area contributed by atoms with Gasteiger partial charge >= 0.3 is 12.6 Å². The highest BCUT2D eigenvalue weighted by Gasteiger charge is 2.21. The number of hydrogen-bond donors (Lipinski definition) is 1. The standard InChI is InChI=1S/C21H21F2NO5S/c1-27-17-9-15(20(26)28-2)16(10-18(17)29-21(22)23)24-19(25)11-30-14-7-6-12-4-3-5-13(12)8-14/h6-10,21H,3-5,11H2,1-2H3,(H,24,25). The zero-order valence-electron chi connectivity index (χ0n) is 16.5. The summed E-state index contributed by atoms with van der Waals surface area (Å²) in [6.07, 6.45) is 3.26. The van der Waals surface area contributed by atoms with Crippen LogP contribution in [0.15, 0.2) is 35.2 Å². The van der Waals surface area contributed by atoms with Crippen LogP contribution in [0.4, 0.5) is 14.5 Å². The Morgan fingerprint density at radius 3 is 2.57 bits per heavy atom. The fraction of sp³-hybridized carbons (Fsp3) is 0.333. The fourth-order valence-electron chi connectivity index (χ4n) is 3.26. The summed E-state index contributed by atoms with van der Waals surface area (Å²) in [7, 11) is 2.42. The molecule has 30 heavy (non-hydrogen) atoms. The maximum atomic E-state index is 12.7. The molecule has 1 aliphatic carbocycles. The fourth-order valence-corrected chi connectivity index (χ4v) is 4.02. The van der Waals surface area contributed by atoms with Gasteiger partial charge in [0.2, 0.25) is 5.91 Å². The number of rotatable bonds is 8. The summed E-state index contributed by atoms with van der Waals surface area (Å²) >= 11 is 1.35. The largest absolute Gasteiger partial charge is 0.493 e. The number of amides is 1. The third-order valence-electron chi connectivity index (χ3n) is 4.64. The third-order valence-corrected chi connectivity index (χ3v) is 5.63. The molecule has 0 spiro atoms. The van der Waals surface area contributed by atoms with Crippen LogP contribution >= 0.6 is 11.8 Å². The number of fused-ring (bicyclic) bond motifs is 1. The minimum Gasteiger partial charge on any atom is -0.493 e. The van der Waals surface area contributed by atoms with Crippen LogP contribution in [0.25, 0.3) is 0 Å². The molecule has 0 aliphatic heterocycles. The van der Waals surface area contributed by atoms with Crippen LogP contribution in [0.2, 0.25) is 0 Å². The SMILES string of the molecule is COC(=O)c1cc(OC)c(OC(F)F)cc1NC(=O)CSc1ccc2c(c1)CCC2. The van der Waals surface area contributed by atoms with Gasteiger partial charge in [-0.3, -0.25) is 4.79 Å². The van der Waals surface area contributed by atoms with Crippen LogP contribution in [0.1, 0.15) is 27.9 Å². The summed E-state index contributed by atoms with van der Waals surface area (Å²) in [4.78, 5) is 25.5. The minimum atomic E-state index is -3.10. The molecule has 1 aliphatic rings. The van der Waals surface area contributed by atoms with Crippen molar-refractivity contribution in [3.05, 3.63) is 47.0 Å². The molecular weight excluding hydrogens is 416 g/mol. The van der Waals surface area contributed by atoms with Gasteiger partial charge in [-0.25, -0.2) is 4.79 Å². The number of halogens is 2. The second-order valence-corrected chi connectivity index (χ2v) is 7.59. The number of ether oxygens (including phenoxy) is 3. The number of aryl methyl sites for hydroxylation is 2. The Labute approximate surface area is 176 Å². The van der Waals surface area contributed by atoms with E-state index < -0.39 is 18.5 Å². The third kappa shape index (κ3) is 5.21. The highest BCUT2D eigenvalue weighted by Crippen LogP contribution is 2.35. The van der Waals surface area contributed by atoms with Crippen LogP contribution in [0, 0.1) is 0 Å². The number of esters is 1. The van der Waals surface area contributed by atoms with E-state index in [0.717, 1.165) is 30.2 Å². The Hall–Kier alpha value is -2.81. The number of thioether (sulfide) groups is 1. The first-order chi connectivity index (χ1) is 14.4. The highest BCUT2D eigenvalue weighted by molar-refractivity contribution is 8.00. The molecule has 0 unspecified atom stereocenters. The molecule has 9 heteroatoms. The lowest BCUT2D eigenvalue weighted by molar-refractivity contribution is -0.113. The topological polar surface area (TPSA) is 73.9 Å². The van der Waals surface area contributed by atoms with E-state index in [1.165, 1.54) is 43.2 Å². The lowest BCUT2D eigenvalue weighted by Crippen LogP contribution is -2.18. The Morgan fingerprint density at radius 2 is 1.87 bits per heavy atom. The van der Waals surface area contributed by atoms with Crippen molar-refractivity contribution in [3.8, 4) is 11.5 Å². The Bertz CT molecular complexity index is 951. The van der Waals surface area contributed by atoms with Gasteiger partial charge in [-0.05, 0) is 42.5 Å². The molecule has 0 atom stereocenters. The van der Waals surface area contributed by atoms with Gasteiger partial charge in [-0.2, -0.15) is 8.78 Å². The molecule has 0 bridgehead atoms. The van der Waals surface area contributed by atoms with Crippen molar-refractivity contribution in [2.75, 3.05) is 25.3 Å². The Kier molecular flexibility index (Phi) is 7.15. The molecule has 1 amide bonds. The molecule has 0 fully saturated rings. The minimum absolute atomic E-state index is 0.00199. The van der Waals surface area contributed by atoms with E-state index in [1.807, 2.05) is 6.07 Å². The maximum Gasteiger partial charge on any atom is 0.387 e. The van der Waals surface area contributed by atoms with Crippen LogP contribution < -0.4 is 14.8 Å². The van der Waals surface area contributed by atoms with Crippen molar-refractivity contribution in [2.45, 2.75) is 30.8 Å². The van der Waals surface area contributed by atoms with Gasteiger partial charge < -0.3 is 19.5 Å². The zero-order valence-corrected chi connectivity index (χ0v) is 17.3. The van der Waals surface area contributed by atoms with E-state index in [0.29, 0.717) is 0 Å². The number of anilines is 1. The first-order valence-electron chi connectivity index (χ1n) is 9.21. The second kappa shape index (κ2) is 9.80. The van der Waals surface area contributed by atoms with Gasteiger partial charge in [0.15, 0.2) is 11.5 Å².